The van der Waals surface area contributed by atoms with E-state index in [1.165, 1.54) is 5.57 Å². The fourth-order valence-corrected chi connectivity index (χ4v) is 2.19. The Kier molecular flexibility index (Phi) is 3.74. The molecule has 16 heavy (non-hydrogen) atoms. The molecular weight excluding hydrogens is 243 g/mol. The first-order chi connectivity index (χ1) is 7.72. The van der Waals surface area contributed by atoms with Crippen LogP contribution >= 0.6 is 23.2 Å². The summed E-state index contributed by atoms with van der Waals surface area (Å²) in [4.78, 5) is 0. The molecule has 1 aromatic rings. The zero-order valence-corrected chi connectivity index (χ0v) is 10.6. The molecular formula is C12H14Cl2N2. The summed E-state index contributed by atoms with van der Waals surface area (Å²) in [5, 5.41) is 1.20. The van der Waals surface area contributed by atoms with E-state index in [9.17, 15) is 0 Å². The highest BCUT2D eigenvalue weighted by Crippen LogP contribution is 2.31. The Labute approximate surface area is 106 Å². The molecule has 1 aliphatic rings. The van der Waals surface area contributed by atoms with Crippen LogP contribution in [0.25, 0.3) is 0 Å². The highest BCUT2D eigenvalue weighted by atomic mass is 35.5. The minimum atomic E-state index is 0.203. The van der Waals surface area contributed by atoms with E-state index in [4.69, 9.17) is 23.2 Å². The van der Waals surface area contributed by atoms with Crippen LogP contribution in [0.15, 0.2) is 30.0 Å². The molecule has 1 atom stereocenters. The quantitative estimate of drug-likeness (QED) is 0.859. The largest absolute Gasteiger partial charge is 0.328 e. The summed E-state index contributed by atoms with van der Waals surface area (Å²) < 4.78 is 0. The van der Waals surface area contributed by atoms with Crippen LogP contribution < -0.4 is 10.9 Å². The predicted octanol–water partition coefficient (Wildman–Crippen LogP) is 3.83. The van der Waals surface area contributed by atoms with Crippen LogP contribution in [0.5, 0.6) is 0 Å². The van der Waals surface area contributed by atoms with Crippen molar-refractivity contribution in [3.63, 3.8) is 0 Å². The molecule has 1 aliphatic heterocycles. The molecule has 1 heterocycles. The number of rotatable bonds is 3. The smallest absolute Gasteiger partial charge is 0.0737 e. The van der Waals surface area contributed by atoms with Crippen LogP contribution in [0.3, 0.4) is 0 Å². The third kappa shape index (κ3) is 2.34. The van der Waals surface area contributed by atoms with Gasteiger partial charge in [-0.15, -0.1) is 0 Å². The van der Waals surface area contributed by atoms with Gasteiger partial charge < -0.3 is 5.43 Å². The van der Waals surface area contributed by atoms with Gasteiger partial charge in [0.2, 0.25) is 0 Å². The molecule has 4 heteroatoms. The molecule has 0 bridgehead atoms. The molecule has 0 saturated carbocycles. The Bertz CT molecular complexity index is 415. The van der Waals surface area contributed by atoms with Crippen molar-refractivity contribution in [1.82, 2.24) is 10.9 Å². The van der Waals surface area contributed by atoms with Gasteiger partial charge in [-0.3, -0.25) is 0 Å². The van der Waals surface area contributed by atoms with Crippen LogP contribution in [0.4, 0.5) is 0 Å². The van der Waals surface area contributed by atoms with Crippen molar-refractivity contribution < 1.29 is 0 Å². The summed E-state index contributed by atoms with van der Waals surface area (Å²) >= 11 is 11.9. The van der Waals surface area contributed by atoms with Crippen LogP contribution in [0, 0.1) is 0 Å². The van der Waals surface area contributed by atoms with E-state index in [1.807, 2.05) is 24.4 Å². The number of hydrogen-bond donors (Lipinski definition) is 2. The first kappa shape index (κ1) is 11.8. The standard InChI is InChI=1S/C12H14Cl2N2/c1-2-3-9-7-15-16-12(9)8-4-5-10(13)11(14)6-8/h4-7,12,15-16H,2-3H2,1H3. The van der Waals surface area contributed by atoms with E-state index in [1.54, 1.807) is 0 Å². The van der Waals surface area contributed by atoms with Gasteiger partial charge >= 0.3 is 0 Å². The second kappa shape index (κ2) is 5.09. The van der Waals surface area contributed by atoms with Gasteiger partial charge in [0.25, 0.3) is 0 Å². The number of nitrogens with one attached hydrogen (secondary N) is 2. The molecule has 2 rings (SSSR count). The molecule has 86 valence electrons. The summed E-state index contributed by atoms with van der Waals surface area (Å²) in [6.45, 7) is 2.17. The van der Waals surface area contributed by atoms with Gasteiger partial charge in [0.1, 0.15) is 0 Å². The Morgan fingerprint density at radius 1 is 1.25 bits per heavy atom. The molecule has 0 aliphatic carbocycles. The lowest BCUT2D eigenvalue weighted by Gasteiger charge is -2.15. The van der Waals surface area contributed by atoms with Crippen LogP contribution in [0.1, 0.15) is 31.4 Å². The second-order valence-electron chi connectivity index (χ2n) is 3.86. The van der Waals surface area contributed by atoms with Crippen molar-refractivity contribution in [1.29, 1.82) is 0 Å². The zero-order valence-electron chi connectivity index (χ0n) is 9.06. The molecule has 1 unspecified atom stereocenters. The molecule has 0 spiro atoms. The van der Waals surface area contributed by atoms with Gasteiger partial charge in [-0.05, 0) is 29.7 Å². The third-order valence-corrected chi connectivity index (χ3v) is 3.41. The summed E-state index contributed by atoms with van der Waals surface area (Å²) in [5.41, 5.74) is 8.75. The first-order valence-corrected chi connectivity index (χ1v) is 6.13. The maximum atomic E-state index is 6.02. The third-order valence-electron chi connectivity index (χ3n) is 2.67. The van der Waals surface area contributed by atoms with E-state index < -0.39 is 0 Å². The van der Waals surface area contributed by atoms with Crippen LogP contribution in [-0.2, 0) is 0 Å². The number of hydrogen-bond acceptors (Lipinski definition) is 2. The number of benzene rings is 1. The molecule has 1 aromatic carbocycles. The van der Waals surface area contributed by atoms with Crippen LogP contribution in [-0.4, -0.2) is 0 Å². The normalized spacial score (nSPS) is 19.4. The highest BCUT2D eigenvalue weighted by molar-refractivity contribution is 6.42. The lowest BCUT2D eigenvalue weighted by molar-refractivity contribution is 0.585. The topological polar surface area (TPSA) is 24.1 Å². The summed E-state index contributed by atoms with van der Waals surface area (Å²) in [5.74, 6) is 0. The van der Waals surface area contributed by atoms with E-state index in [0.29, 0.717) is 10.0 Å². The maximum Gasteiger partial charge on any atom is 0.0737 e. The molecule has 0 amide bonds. The Hall–Kier alpha value is -0.700. The Morgan fingerprint density at radius 2 is 2.06 bits per heavy atom. The molecule has 0 saturated heterocycles. The van der Waals surface area contributed by atoms with E-state index in [-0.39, 0.29) is 6.04 Å². The first-order valence-electron chi connectivity index (χ1n) is 5.37. The van der Waals surface area contributed by atoms with Crippen molar-refractivity contribution in [2.45, 2.75) is 25.8 Å². The fraction of sp³-hybridized carbons (Fsp3) is 0.333. The summed E-state index contributed by atoms with van der Waals surface area (Å²) in [6, 6.07) is 5.96. The molecule has 0 fully saturated rings. The van der Waals surface area contributed by atoms with E-state index >= 15 is 0 Å². The van der Waals surface area contributed by atoms with Gasteiger partial charge in [-0.25, -0.2) is 5.43 Å². The molecule has 0 aromatic heterocycles. The number of halogens is 2. The molecule has 2 N–H and O–H groups in total. The maximum absolute atomic E-state index is 6.02. The van der Waals surface area contributed by atoms with Gasteiger partial charge in [-0.1, -0.05) is 42.6 Å². The van der Waals surface area contributed by atoms with E-state index in [2.05, 4.69) is 17.8 Å². The van der Waals surface area contributed by atoms with Crippen molar-refractivity contribution in [3.05, 3.63) is 45.6 Å². The van der Waals surface area contributed by atoms with Gasteiger partial charge in [0.05, 0.1) is 16.1 Å². The Balaban J connectivity index is 2.24. The fourth-order valence-electron chi connectivity index (χ4n) is 1.89. The van der Waals surface area contributed by atoms with Crippen LogP contribution in [0.2, 0.25) is 10.0 Å². The average molecular weight is 257 g/mol. The molecule has 0 radical (unpaired) electrons. The van der Waals surface area contributed by atoms with Crippen molar-refractivity contribution in [2.75, 3.05) is 0 Å². The summed E-state index contributed by atoms with van der Waals surface area (Å²) in [6.07, 6.45) is 4.23. The summed E-state index contributed by atoms with van der Waals surface area (Å²) in [7, 11) is 0. The van der Waals surface area contributed by atoms with E-state index in [0.717, 1.165) is 18.4 Å². The Morgan fingerprint density at radius 3 is 2.75 bits per heavy atom. The molecule has 2 nitrogen and oxygen atoms in total. The van der Waals surface area contributed by atoms with Gasteiger partial charge in [-0.2, -0.15) is 0 Å². The van der Waals surface area contributed by atoms with Gasteiger partial charge in [0, 0.05) is 6.20 Å². The lowest BCUT2D eigenvalue weighted by Crippen LogP contribution is -2.25. The monoisotopic (exact) mass is 256 g/mol. The van der Waals surface area contributed by atoms with Crippen molar-refractivity contribution in [3.8, 4) is 0 Å². The van der Waals surface area contributed by atoms with Gasteiger partial charge in [0.15, 0.2) is 0 Å². The highest BCUT2D eigenvalue weighted by Gasteiger charge is 2.20. The second-order valence-corrected chi connectivity index (χ2v) is 4.68. The SMILES string of the molecule is CCCC1=CNNC1c1ccc(Cl)c(Cl)c1. The minimum Gasteiger partial charge on any atom is -0.328 e. The van der Waals surface area contributed by atoms with Crippen molar-refractivity contribution in [2.24, 2.45) is 0 Å². The average Bonchev–Trinajstić information content (AvgIpc) is 2.71. The minimum absolute atomic E-state index is 0.203. The number of hydrazine groups is 1. The zero-order chi connectivity index (χ0) is 11.5. The van der Waals surface area contributed by atoms with Crippen molar-refractivity contribution >= 4 is 23.2 Å². The lowest BCUT2D eigenvalue weighted by atomic mass is 9.98. The predicted molar refractivity (Wildman–Crippen MR) is 68.5 cm³/mol.